The van der Waals surface area contributed by atoms with E-state index in [9.17, 15) is 4.79 Å². The van der Waals surface area contributed by atoms with E-state index in [-0.39, 0.29) is 11.9 Å². The molecule has 106 valence electrons. The number of rotatable bonds is 2. The van der Waals surface area contributed by atoms with Gasteiger partial charge in [0.2, 0.25) is 0 Å². The highest BCUT2D eigenvalue weighted by Crippen LogP contribution is 2.28. The molecule has 1 amide bonds. The predicted octanol–water partition coefficient (Wildman–Crippen LogP) is 2.22. The van der Waals surface area contributed by atoms with Crippen molar-refractivity contribution in [1.82, 2.24) is 15.5 Å². The maximum Gasteiger partial charge on any atom is 0.253 e. The minimum absolute atomic E-state index is 0.0510. The minimum Gasteiger partial charge on any atom is -0.351 e. The second-order valence-electron chi connectivity index (χ2n) is 4.82. The molecule has 0 fully saturated rings. The number of hydrogen-bond donors (Lipinski definition) is 2. The van der Waals surface area contributed by atoms with Gasteiger partial charge in [-0.3, -0.25) is 4.79 Å². The molecule has 0 spiro atoms. The normalized spacial score (nSPS) is 18.4. The number of nitrogens with zero attached hydrogens (tertiary/aromatic N) is 1. The van der Waals surface area contributed by atoms with Gasteiger partial charge in [0, 0.05) is 24.8 Å². The van der Waals surface area contributed by atoms with Crippen LogP contribution in [0.1, 0.15) is 18.5 Å². The summed E-state index contributed by atoms with van der Waals surface area (Å²) in [6, 6.07) is 7.12. The second kappa shape index (κ2) is 5.81. The van der Waals surface area contributed by atoms with Crippen molar-refractivity contribution in [2.75, 3.05) is 14.1 Å². The quantitative estimate of drug-likeness (QED) is 0.822. The van der Waals surface area contributed by atoms with E-state index in [0.29, 0.717) is 15.7 Å². The average molecular weight is 310 g/mol. The summed E-state index contributed by atoms with van der Waals surface area (Å²) in [7, 11) is 3.46. The van der Waals surface area contributed by atoms with Crippen molar-refractivity contribution >= 4 is 34.8 Å². The van der Waals surface area contributed by atoms with Crippen molar-refractivity contribution in [2.24, 2.45) is 0 Å². The first-order chi connectivity index (χ1) is 9.40. The Morgan fingerprint density at radius 2 is 1.90 bits per heavy atom. The van der Waals surface area contributed by atoms with Crippen molar-refractivity contribution in [3.8, 4) is 0 Å². The number of carbonyl (C=O) groups excluding carboxylic acids is 1. The molecule has 1 aromatic carbocycles. The Morgan fingerprint density at radius 3 is 2.45 bits per heavy atom. The number of nitrogens with one attached hydrogen (secondary N) is 2. The molecule has 1 aliphatic rings. The number of likely N-dealkylation sites (N-methyl/N-ethyl adjacent to an activating group) is 1. The van der Waals surface area contributed by atoms with Crippen molar-refractivity contribution in [2.45, 2.75) is 13.0 Å². The molecule has 0 bridgehead atoms. The highest BCUT2D eigenvalue weighted by atomic mass is 35.5. The first kappa shape index (κ1) is 14.8. The predicted molar refractivity (Wildman–Crippen MR) is 84.5 cm³/mol. The highest BCUT2D eigenvalue weighted by molar-refractivity contribution is 7.80. The SMILES string of the molecule is CC1=C(C(=O)N(C)C)[C@@H](c2ccc(Cl)cc2)NC(=S)N1. The maximum atomic E-state index is 12.4. The van der Waals surface area contributed by atoms with Gasteiger partial charge in [-0.15, -0.1) is 0 Å². The molecule has 1 aromatic rings. The molecule has 0 aliphatic carbocycles. The number of thiocarbonyl (C=S) groups is 1. The lowest BCUT2D eigenvalue weighted by Crippen LogP contribution is -2.46. The van der Waals surface area contributed by atoms with Gasteiger partial charge < -0.3 is 15.5 Å². The lowest BCUT2D eigenvalue weighted by Gasteiger charge is -2.31. The van der Waals surface area contributed by atoms with Crippen molar-refractivity contribution in [3.63, 3.8) is 0 Å². The van der Waals surface area contributed by atoms with E-state index in [1.165, 1.54) is 0 Å². The lowest BCUT2D eigenvalue weighted by molar-refractivity contribution is -0.125. The third kappa shape index (κ3) is 2.94. The number of benzene rings is 1. The molecule has 20 heavy (non-hydrogen) atoms. The highest BCUT2D eigenvalue weighted by Gasteiger charge is 2.30. The minimum atomic E-state index is -0.268. The van der Waals surface area contributed by atoms with Gasteiger partial charge in [0.1, 0.15) is 0 Å². The summed E-state index contributed by atoms with van der Waals surface area (Å²) in [5.74, 6) is -0.0510. The summed E-state index contributed by atoms with van der Waals surface area (Å²) < 4.78 is 0. The molecule has 2 rings (SSSR count). The van der Waals surface area contributed by atoms with E-state index in [2.05, 4.69) is 10.6 Å². The fourth-order valence-electron chi connectivity index (χ4n) is 2.12. The molecule has 0 aromatic heterocycles. The number of allylic oxidation sites excluding steroid dienone is 1. The zero-order valence-corrected chi connectivity index (χ0v) is 13.1. The summed E-state index contributed by atoms with van der Waals surface area (Å²) in [6.07, 6.45) is 0. The molecule has 1 atom stereocenters. The molecule has 1 aliphatic heterocycles. The molecule has 0 unspecified atom stereocenters. The van der Waals surface area contributed by atoms with E-state index in [0.717, 1.165) is 11.3 Å². The van der Waals surface area contributed by atoms with Crippen LogP contribution in [0.4, 0.5) is 0 Å². The fourth-order valence-corrected chi connectivity index (χ4v) is 2.52. The third-order valence-electron chi connectivity index (χ3n) is 3.11. The Morgan fingerprint density at radius 1 is 1.30 bits per heavy atom. The van der Waals surface area contributed by atoms with Gasteiger partial charge in [-0.05, 0) is 36.8 Å². The standard InChI is InChI=1S/C14H16ClN3OS/c1-8-11(13(19)18(2)3)12(17-14(20)16-8)9-4-6-10(15)7-5-9/h4-7,12H,1-3H3,(H2,16,17,20)/t12-/m1/s1. The number of amides is 1. The van der Waals surface area contributed by atoms with Crippen LogP contribution in [-0.2, 0) is 4.79 Å². The van der Waals surface area contributed by atoms with E-state index in [1.807, 2.05) is 19.1 Å². The van der Waals surface area contributed by atoms with E-state index in [1.54, 1.807) is 31.1 Å². The molecular weight excluding hydrogens is 294 g/mol. The molecule has 0 saturated heterocycles. The van der Waals surface area contributed by atoms with Crippen LogP contribution in [0.5, 0.6) is 0 Å². The van der Waals surface area contributed by atoms with Crippen LogP contribution in [0.2, 0.25) is 5.02 Å². The van der Waals surface area contributed by atoms with Gasteiger partial charge in [0.05, 0.1) is 11.6 Å². The summed E-state index contributed by atoms with van der Waals surface area (Å²) in [4.78, 5) is 13.9. The van der Waals surface area contributed by atoms with Crippen LogP contribution in [0, 0.1) is 0 Å². The van der Waals surface area contributed by atoms with Crippen LogP contribution in [-0.4, -0.2) is 30.0 Å². The number of carbonyl (C=O) groups is 1. The Balaban J connectivity index is 2.47. The zero-order chi connectivity index (χ0) is 14.9. The maximum absolute atomic E-state index is 12.4. The van der Waals surface area contributed by atoms with Crippen LogP contribution in [0.25, 0.3) is 0 Å². The number of hydrogen-bond acceptors (Lipinski definition) is 2. The summed E-state index contributed by atoms with van der Waals surface area (Å²) in [5.41, 5.74) is 2.38. The molecule has 4 nitrogen and oxygen atoms in total. The van der Waals surface area contributed by atoms with Crippen molar-refractivity contribution in [1.29, 1.82) is 0 Å². The van der Waals surface area contributed by atoms with Crippen LogP contribution >= 0.6 is 23.8 Å². The second-order valence-corrected chi connectivity index (χ2v) is 5.67. The topological polar surface area (TPSA) is 44.4 Å². The van der Waals surface area contributed by atoms with E-state index in [4.69, 9.17) is 23.8 Å². The molecule has 0 radical (unpaired) electrons. The smallest absolute Gasteiger partial charge is 0.253 e. The monoisotopic (exact) mass is 309 g/mol. The Kier molecular flexibility index (Phi) is 4.30. The van der Waals surface area contributed by atoms with Gasteiger partial charge in [-0.2, -0.15) is 0 Å². The molecule has 6 heteroatoms. The van der Waals surface area contributed by atoms with E-state index >= 15 is 0 Å². The van der Waals surface area contributed by atoms with Gasteiger partial charge in [-0.1, -0.05) is 23.7 Å². The van der Waals surface area contributed by atoms with Crippen LogP contribution in [0.3, 0.4) is 0 Å². The van der Waals surface area contributed by atoms with Gasteiger partial charge >= 0.3 is 0 Å². The van der Waals surface area contributed by atoms with Crippen molar-refractivity contribution in [3.05, 3.63) is 46.1 Å². The van der Waals surface area contributed by atoms with Gasteiger partial charge in [0.25, 0.3) is 5.91 Å². The van der Waals surface area contributed by atoms with Crippen molar-refractivity contribution < 1.29 is 4.79 Å². The first-order valence-electron chi connectivity index (χ1n) is 6.15. The molecule has 1 heterocycles. The summed E-state index contributed by atoms with van der Waals surface area (Å²) in [6.45, 7) is 1.85. The van der Waals surface area contributed by atoms with E-state index < -0.39 is 0 Å². The molecular formula is C14H16ClN3OS. The zero-order valence-electron chi connectivity index (χ0n) is 11.5. The van der Waals surface area contributed by atoms with Crippen LogP contribution in [0.15, 0.2) is 35.5 Å². The molecule has 0 saturated carbocycles. The lowest BCUT2D eigenvalue weighted by atomic mass is 9.95. The summed E-state index contributed by atoms with van der Waals surface area (Å²) in [5, 5.41) is 7.31. The Labute approximate surface area is 128 Å². The van der Waals surface area contributed by atoms with Crippen LogP contribution < -0.4 is 10.6 Å². The Hall–Kier alpha value is -1.59. The third-order valence-corrected chi connectivity index (χ3v) is 3.58. The molecule has 2 N–H and O–H groups in total. The fraction of sp³-hybridized carbons (Fsp3) is 0.286. The first-order valence-corrected chi connectivity index (χ1v) is 6.94. The summed E-state index contributed by atoms with van der Waals surface area (Å²) >= 11 is 11.1. The van der Waals surface area contributed by atoms with Gasteiger partial charge in [0.15, 0.2) is 5.11 Å². The van der Waals surface area contributed by atoms with Gasteiger partial charge in [-0.25, -0.2) is 0 Å². The largest absolute Gasteiger partial charge is 0.351 e. The number of halogens is 1. The average Bonchev–Trinajstić information content (AvgIpc) is 2.38. The Bertz CT molecular complexity index is 581.